The van der Waals surface area contributed by atoms with Crippen molar-refractivity contribution < 1.29 is 19.1 Å². The highest BCUT2D eigenvalue weighted by Gasteiger charge is 2.35. The minimum Gasteiger partial charge on any atom is -0.464 e. The zero-order valence-corrected chi connectivity index (χ0v) is 16.6. The molecule has 1 aromatic rings. The van der Waals surface area contributed by atoms with E-state index in [0.29, 0.717) is 11.5 Å². The van der Waals surface area contributed by atoms with E-state index < -0.39 is 6.04 Å². The zero-order valence-electron chi connectivity index (χ0n) is 15.8. The van der Waals surface area contributed by atoms with Crippen LogP contribution in [0.1, 0.15) is 42.8 Å². The third kappa shape index (κ3) is 4.87. The summed E-state index contributed by atoms with van der Waals surface area (Å²) < 4.78 is 5.05. The first-order valence-corrected chi connectivity index (χ1v) is 10.4. The van der Waals surface area contributed by atoms with Crippen LogP contribution < -0.4 is 10.6 Å². The summed E-state index contributed by atoms with van der Waals surface area (Å²) in [4.78, 5) is 39.5. The van der Waals surface area contributed by atoms with Crippen molar-refractivity contribution in [2.24, 2.45) is 5.92 Å². The summed E-state index contributed by atoms with van der Waals surface area (Å²) in [5.74, 6) is -0.502. The van der Waals surface area contributed by atoms with Crippen molar-refractivity contribution in [3.05, 3.63) is 22.4 Å². The number of thiophene rings is 1. The summed E-state index contributed by atoms with van der Waals surface area (Å²) >= 11 is 1.36. The summed E-state index contributed by atoms with van der Waals surface area (Å²) in [6.45, 7) is 5.87. The number of hydrogen-bond donors (Lipinski definition) is 2. The first-order valence-electron chi connectivity index (χ1n) is 9.51. The molecule has 3 rings (SSSR count). The van der Waals surface area contributed by atoms with Crippen LogP contribution in [0.4, 0.5) is 0 Å². The van der Waals surface area contributed by atoms with Gasteiger partial charge in [0.1, 0.15) is 12.1 Å². The Morgan fingerprint density at radius 2 is 2.00 bits per heavy atom. The van der Waals surface area contributed by atoms with Crippen LogP contribution in [0.25, 0.3) is 0 Å². The van der Waals surface area contributed by atoms with Crippen LogP contribution in [0.5, 0.6) is 0 Å². The normalized spacial score (nSPS) is 22.5. The van der Waals surface area contributed by atoms with E-state index in [0.717, 1.165) is 32.4 Å². The molecule has 2 saturated heterocycles. The lowest BCUT2D eigenvalue weighted by Gasteiger charge is -2.35. The van der Waals surface area contributed by atoms with Crippen molar-refractivity contribution in [1.29, 1.82) is 0 Å². The molecule has 2 atom stereocenters. The predicted molar refractivity (Wildman–Crippen MR) is 103 cm³/mol. The highest BCUT2D eigenvalue weighted by Crippen LogP contribution is 2.20. The van der Waals surface area contributed by atoms with Gasteiger partial charge in [-0.1, -0.05) is 19.9 Å². The molecule has 2 N–H and O–H groups in total. The molecule has 1 aromatic heterocycles. The lowest BCUT2D eigenvalue weighted by Crippen LogP contribution is -2.55. The first-order chi connectivity index (χ1) is 13.0. The smallest absolute Gasteiger partial charge is 0.323 e. The van der Waals surface area contributed by atoms with Crippen LogP contribution in [-0.4, -0.2) is 60.5 Å². The second-order valence-electron chi connectivity index (χ2n) is 7.46. The third-order valence-electron chi connectivity index (χ3n) is 5.21. The molecule has 27 heavy (non-hydrogen) atoms. The minimum absolute atomic E-state index is 0.0118. The van der Waals surface area contributed by atoms with Gasteiger partial charge in [0.05, 0.1) is 11.5 Å². The fourth-order valence-electron chi connectivity index (χ4n) is 3.62. The zero-order chi connectivity index (χ0) is 19.4. The lowest BCUT2D eigenvalue weighted by molar-refractivity contribution is -0.142. The Hall–Kier alpha value is -1.93. The number of rotatable bonds is 6. The average Bonchev–Trinajstić information content (AvgIpc) is 3.31. The summed E-state index contributed by atoms with van der Waals surface area (Å²) in [6, 6.07) is 2.93. The maximum absolute atomic E-state index is 12.7. The van der Waals surface area contributed by atoms with Crippen LogP contribution >= 0.6 is 11.3 Å². The molecule has 148 valence electrons. The van der Waals surface area contributed by atoms with Crippen molar-refractivity contribution in [2.75, 3.05) is 19.7 Å². The second-order valence-corrected chi connectivity index (χ2v) is 8.41. The van der Waals surface area contributed by atoms with Crippen molar-refractivity contribution in [2.45, 2.75) is 51.2 Å². The number of carbonyl (C=O) groups is 3. The van der Waals surface area contributed by atoms with Gasteiger partial charge in [-0.15, -0.1) is 11.3 Å². The molecular formula is C19H27N3O4S. The van der Waals surface area contributed by atoms with Gasteiger partial charge in [0, 0.05) is 25.6 Å². The van der Waals surface area contributed by atoms with Crippen LogP contribution in [0.15, 0.2) is 17.5 Å². The summed E-state index contributed by atoms with van der Waals surface area (Å²) in [6.07, 6.45) is 2.33. The Morgan fingerprint density at radius 3 is 2.56 bits per heavy atom. The largest absolute Gasteiger partial charge is 0.464 e. The van der Waals surface area contributed by atoms with Gasteiger partial charge in [0.25, 0.3) is 5.91 Å². The number of hydrogen-bond acceptors (Lipinski definition) is 6. The number of esters is 1. The van der Waals surface area contributed by atoms with Crippen LogP contribution in [-0.2, 0) is 14.3 Å². The Balaban J connectivity index is 1.50. The van der Waals surface area contributed by atoms with Gasteiger partial charge in [-0.3, -0.25) is 19.3 Å². The molecule has 8 heteroatoms. The minimum atomic E-state index is -0.567. The molecule has 2 aliphatic rings. The van der Waals surface area contributed by atoms with Crippen LogP contribution in [0.3, 0.4) is 0 Å². The molecule has 0 unspecified atom stereocenters. The number of likely N-dealkylation sites (tertiary alicyclic amines) is 1. The van der Waals surface area contributed by atoms with Crippen LogP contribution in [0.2, 0.25) is 0 Å². The number of piperidine rings is 1. The fraction of sp³-hybridized carbons (Fsp3) is 0.632. The first kappa shape index (κ1) is 19.8. The van der Waals surface area contributed by atoms with Crippen molar-refractivity contribution in [1.82, 2.24) is 15.5 Å². The van der Waals surface area contributed by atoms with E-state index in [1.807, 2.05) is 25.3 Å². The molecule has 2 aliphatic heterocycles. The third-order valence-corrected chi connectivity index (χ3v) is 6.07. The highest BCUT2D eigenvalue weighted by atomic mass is 32.1. The Labute approximate surface area is 163 Å². The monoisotopic (exact) mass is 393 g/mol. The predicted octanol–water partition coefficient (Wildman–Crippen LogP) is 1.40. The number of ether oxygens (including phenoxy) is 1. The van der Waals surface area contributed by atoms with Crippen molar-refractivity contribution >= 4 is 29.1 Å². The molecule has 3 heterocycles. The van der Waals surface area contributed by atoms with Gasteiger partial charge in [0.2, 0.25) is 5.91 Å². The molecule has 0 bridgehead atoms. The molecule has 0 aliphatic carbocycles. The number of nitrogens with one attached hydrogen (secondary N) is 2. The van der Waals surface area contributed by atoms with E-state index in [4.69, 9.17) is 4.74 Å². The van der Waals surface area contributed by atoms with Crippen molar-refractivity contribution in [3.63, 3.8) is 0 Å². The molecule has 2 fully saturated rings. The molecule has 0 saturated carbocycles. The number of nitrogens with zero attached hydrogens (tertiary/aromatic N) is 1. The van der Waals surface area contributed by atoms with E-state index >= 15 is 0 Å². The van der Waals surface area contributed by atoms with E-state index in [2.05, 4.69) is 15.5 Å². The number of cyclic esters (lactones) is 1. The summed E-state index contributed by atoms with van der Waals surface area (Å²) in [7, 11) is 0. The van der Waals surface area contributed by atoms with Gasteiger partial charge in [-0.2, -0.15) is 0 Å². The Bertz CT molecular complexity index is 669. The summed E-state index contributed by atoms with van der Waals surface area (Å²) in [5, 5.41) is 7.78. The van der Waals surface area contributed by atoms with E-state index in [1.54, 1.807) is 6.07 Å². The fourth-order valence-corrected chi connectivity index (χ4v) is 4.25. The second kappa shape index (κ2) is 8.84. The lowest BCUT2D eigenvalue weighted by atomic mass is 9.99. The van der Waals surface area contributed by atoms with Gasteiger partial charge < -0.3 is 15.4 Å². The van der Waals surface area contributed by atoms with Crippen LogP contribution in [0, 0.1) is 5.92 Å². The van der Waals surface area contributed by atoms with Crippen molar-refractivity contribution in [3.8, 4) is 0 Å². The quantitative estimate of drug-likeness (QED) is 0.714. The topological polar surface area (TPSA) is 87.7 Å². The Morgan fingerprint density at radius 1 is 1.26 bits per heavy atom. The summed E-state index contributed by atoms with van der Waals surface area (Å²) in [5.41, 5.74) is 0. The van der Waals surface area contributed by atoms with Gasteiger partial charge in [-0.25, -0.2) is 0 Å². The molecule has 7 nitrogen and oxygen atoms in total. The maximum atomic E-state index is 12.7. The molecule has 0 radical (unpaired) electrons. The van der Waals surface area contributed by atoms with Gasteiger partial charge in [0.15, 0.2) is 0 Å². The molecule has 2 amide bonds. The van der Waals surface area contributed by atoms with E-state index in [9.17, 15) is 14.4 Å². The van der Waals surface area contributed by atoms with E-state index in [-0.39, 0.29) is 35.8 Å². The maximum Gasteiger partial charge on any atom is 0.323 e. The van der Waals surface area contributed by atoms with Gasteiger partial charge >= 0.3 is 5.97 Å². The molecular weight excluding hydrogens is 366 g/mol. The highest BCUT2D eigenvalue weighted by molar-refractivity contribution is 7.12. The average molecular weight is 394 g/mol. The SMILES string of the molecule is CC(C)[C@@H](NC(=O)c1cccs1)C(=O)NC1CCN([C@@H]2CCOC2=O)CC1. The Kier molecular flexibility index (Phi) is 6.49. The molecule has 0 aromatic carbocycles. The number of carbonyl (C=O) groups excluding carboxylic acids is 3. The standard InChI is InChI=1S/C19H27N3O4S/c1-12(2)16(21-17(23)15-4-3-11-27-15)18(24)20-13-5-8-22(9-6-13)14-7-10-26-19(14)25/h3-4,11-14,16H,5-10H2,1-2H3,(H,20,24)(H,21,23)/t14-,16-/m1/s1. The van der Waals surface area contributed by atoms with Gasteiger partial charge in [-0.05, 0) is 30.2 Å². The number of amides is 2. The van der Waals surface area contributed by atoms with E-state index in [1.165, 1.54) is 11.3 Å². The molecule has 0 spiro atoms.